The first-order chi connectivity index (χ1) is 12.4. The van der Waals surface area contributed by atoms with Crippen LogP contribution < -0.4 is 5.32 Å². The molecule has 0 unspecified atom stereocenters. The number of nitrogens with zero attached hydrogens (tertiary/aromatic N) is 3. The Labute approximate surface area is 157 Å². The summed E-state index contributed by atoms with van der Waals surface area (Å²) in [5.74, 6) is -0.157. The fourth-order valence-electron chi connectivity index (χ4n) is 2.75. The van der Waals surface area contributed by atoms with Crippen LogP contribution in [0.2, 0.25) is 5.02 Å². The van der Waals surface area contributed by atoms with Gasteiger partial charge in [0.15, 0.2) is 0 Å². The molecule has 26 heavy (non-hydrogen) atoms. The van der Waals surface area contributed by atoms with Gasteiger partial charge in [0.05, 0.1) is 6.54 Å². The summed E-state index contributed by atoms with van der Waals surface area (Å²) >= 11 is 5.90. The molecule has 1 amide bonds. The van der Waals surface area contributed by atoms with E-state index in [-0.39, 0.29) is 17.3 Å². The van der Waals surface area contributed by atoms with E-state index in [0.717, 1.165) is 0 Å². The fourth-order valence-corrected chi connectivity index (χ4v) is 4.32. The van der Waals surface area contributed by atoms with E-state index in [1.807, 2.05) is 4.90 Å². The molecule has 0 saturated carbocycles. The van der Waals surface area contributed by atoms with Crippen molar-refractivity contribution in [2.75, 3.05) is 38.0 Å². The number of sulfonamides is 1. The van der Waals surface area contributed by atoms with Crippen LogP contribution in [-0.2, 0) is 14.8 Å². The summed E-state index contributed by atoms with van der Waals surface area (Å²) in [6.07, 6.45) is 2.88. The second-order valence-corrected chi connectivity index (χ2v) is 8.30. The fraction of sp³-hybridized carbons (Fsp3) is 0.294. The molecule has 7 nitrogen and oxygen atoms in total. The number of hydrogen-bond donors (Lipinski definition) is 1. The molecule has 0 atom stereocenters. The van der Waals surface area contributed by atoms with E-state index in [0.29, 0.717) is 36.9 Å². The van der Waals surface area contributed by atoms with Gasteiger partial charge in [-0.1, -0.05) is 17.7 Å². The Morgan fingerprint density at radius 2 is 1.92 bits per heavy atom. The summed E-state index contributed by atoms with van der Waals surface area (Å²) < 4.78 is 26.6. The maximum absolute atomic E-state index is 12.6. The van der Waals surface area contributed by atoms with Gasteiger partial charge >= 0.3 is 0 Å². The van der Waals surface area contributed by atoms with Gasteiger partial charge in [-0.2, -0.15) is 4.31 Å². The molecule has 1 fully saturated rings. The van der Waals surface area contributed by atoms with E-state index in [1.165, 1.54) is 22.8 Å². The van der Waals surface area contributed by atoms with Crippen LogP contribution in [-0.4, -0.2) is 61.2 Å². The standard InChI is InChI=1S/C17H19ClN4O3S/c18-14-3-1-4-15(11-14)20-17(23)13-21-7-9-22(10-8-21)26(24,25)16-5-2-6-19-12-16/h1-6,11-12H,7-10,13H2,(H,20,23). The first-order valence-electron chi connectivity index (χ1n) is 8.13. The smallest absolute Gasteiger partial charge is 0.244 e. The number of carbonyl (C=O) groups excluding carboxylic acids is 1. The minimum atomic E-state index is -3.54. The highest BCUT2D eigenvalue weighted by molar-refractivity contribution is 7.89. The molecule has 1 aliphatic heterocycles. The maximum atomic E-state index is 12.6. The topological polar surface area (TPSA) is 82.6 Å². The molecule has 0 bridgehead atoms. The van der Waals surface area contributed by atoms with Crippen LogP contribution in [0.1, 0.15) is 0 Å². The Balaban J connectivity index is 1.53. The lowest BCUT2D eigenvalue weighted by molar-refractivity contribution is -0.117. The van der Waals surface area contributed by atoms with Crippen LogP contribution in [0.3, 0.4) is 0 Å². The zero-order valence-electron chi connectivity index (χ0n) is 14.0. The van der Waals surface area contributed by atoms with Crippen molar-refractivity contribution in [2.24, 2.45) is 0 Å². The number of carbonyl (C=O) groups is 1. The third-order valence-electron chi connectivity index (χ3n) is 4.08. The van der Waals surface area contributed by atoms with Gasteiger partial charge in [0.25, 0.3) is 0 Å². The Morgan fingerprint density at radius 3 is 2.58 bits per heavy atom. The van der Waals surface area contributed by atoms with Gasteiger partial charge in [-0.15, -0.1) is 0 Å². The van der Waals surface area contributed by atoms with Crippen LogP contribution in [0.25, 0.3) is 0 Å². The number of piperazine rings is 1. The molecule has 0 radical (unpaired) electrons. The van der Waals surface area contributed by atoms with E-state index < -0.39 is 10.0 Å². The molecule has 0 spiro atoms. The van der Waals surface area contributed by atoms with Gasteiger partial charge in [-0.25, -0.2) is 8.42 Å². The van der Waals surface area contributed by atoms with Crippen LogP contribution in [0, 0.1) is 0 Å². The summed E-state index contributed by atoms with van der Waals surface area (Å²) in [6.45, 7) is 1.85. The molecule has 2 aromatic rings. The minimum Gasteiger partial charge on any atom is -0.325 e. The molecule has 0 aliphatic carbocycles. The molecule has 9 heteroatoms. The van der Waals surface area contributed by atoms with Crippen molar-refractivity contribution < 1.29 is 13.2 Å². The van der Waals surface area contributed by atoms with Gasteiger partial charge in [0.1, 0.15) is 4.90 Å². The number of nitrogens with one attached hydrogen (secondary N) is 1. The number of rotatable bonds is 5. The highest BCUT2D eigenvalue weighted by Gasteiger charge is 2.29. The molecule has 1 aromatic carbocycles. The zero-order valence-corrected chi connectivity index (χ0v) is 15.6. The molecule has 1 aliphatic rings. The van der Waals surface area contributed by atoms with Crippen LogP contribution >= 0.6 is 11.6 Å². The summed E-state index contributed by atoms with van der Waals surface area (Å²) in [6, 6.07) is 10.1. The molecule has 138 valence electrons. The highest BCUT2D eigenvalue weighted by atomic mass is 35.5. The third kappa shape index (κ3) is 4.59. The van der Waals surface area contributed by atoms with Gasteiger partial charge in [-0.05, 0) is 30.3 Å². The number of amides is 1. The Hall–Kier alpha value is -2.00. The van der Waals surface area contributed by atoms with Crippen molar-refractivity contribution in [1.82, 2.24) is 14.2 Å². The lowest BCUT2D eigenvalue weighted by atomic mass is 10.3. The molecule has 1 saturated heterocycles. The summed E-state index contributed by atoms with van der Waals surface area (Å²) in [5.41, 5.74) is 0.639. The first-order valence-corrected chi connectivity index (χ1v) is 9.95. The third-order valence-corrected chi connectivity index (χ3v) is 6.20. The number of pyridine rings is 1. The second-order valence-electron chi connectivity index (χ2n) is 5.93. The predicted molar refractivity (Wildman–Crippen MR) is 99.5 cm³/mol. The van der Waals surface area contributed by atoms with E-state index in [1.54, 1.807) is 30.3 Å². The monoisotopic (exact) mass is 394 g/mol. The van der Waals surface area contributed by atoms with Crippen LogP contribution in [0.4, 0.5) is 5.69 Å². The molecule has 1 N–H and O–H groups in total. The summed E-state index contributed by atoms with van der Waals surface area (Å²) in [4.78, 5) is 18.1. The lowest BCUT2D eigenvalue weighted by Gasteiger charge is -2.33. The van der Waals surface area contributed by atoms with Crippen molar-refractivity contribution in [3.8, 4) is 0 Å². The van der Waals surface area contributed by atoms with Crippen molar-refractivity contribution in [1.29, 1.82) is 0 Å². The SMILES string of the molecule is O=C(CN1CCN(S(=O)(=O)c2cccnc2)CC1)Nc1cccc(Cl)c1. The van der Waals surface area contributed by atoms with Crippen molar-refractivity contribution in [3.05, 3.63) is 53.8 Å². The first kappa shape index (κ1) is 18.8. The number of halogens is 1. The number of hydrogen-bond acceptors (Lipinski definition) is 5. The second kappa shape index (κ2) is 8.13. The maximum Gasteiger partial charge on any atom is 0.244 e. The quantitative estimate of drug-likeness (QED) is 0.834. The van der Waals surface area contributed by atoms with Gasteiger partial charge < -0.3 is 5.32 Å². The highest BCUT2D eigenvalue weighted by Crippen LogP contribution is 2.17. The Bertz CT molecular complexity index is 869. The lowest BCUT2D eigenvalue weighted by Crippen LogP contribution is -2.50. The molecular formula is C17H19ClN4O3S. The summed E-state index contributed by atoms with van der Waals surface area (Å²) in [5, 5.41) is 3.34. The van der Waals surface area contributed by atoms with Crippen molar-refractivity contribution in [3.63, 3.8) is 0 Å². The number of anilines is 1. The molecular weight excluding hydrogens is 376 g/mol. The minimum absolute atomic E-state index is 0.157. The van der Waals surface area contributed by atoms with E-state index in [9.17, 15) is 13.2 Å². The van der Waals surface area contributed by atoms with Crippen molar-refractivity contribution in [2.45, 2.75) is 4.90 Å². The van der Waals surface area contributed by atoms with E-state index in [4.69, 9.17) is 11.6 Å². The Kier molecular flexibility index (Phi) is 5.87. The molecule has 1 aromatic heterocycles. The zero-order chi connectivity index (χ0) is 18.6. The van der Waals surface area contributed by atoms with Crippen molar-refractivity contribution >= 4 is 33.2 Å². The number of benzene rings is 1. The van der Waals surface area contributed by atoms with Crippen LogP contribution in [0.15, 0.2) is 53.7 Å². The van der Waals surface area contributed by atoms with Gasteiger partial charge in [-0.3, -0.25) is 14.7 Å². The van der Waals surface area contributed by atoms with Crippen LogP contribution in [0.5, 0.6) is 0 Å². The van der Waals surface area contributed by atoms with Gasteiger partial charge in [0.2, 0.25) is 15.9 Å². The molecule has 3 rings (SSSR count). The molecule has 2 heterocycles. The normalized spacial score (nSPS) is 16.3. The summed E-state index contributed by atoms with van der Waals surface area (Å²) in [7, 11) is -3.54. The number of aromatic nitrogens is 1. The van der Waals surface area contributed by atoms with E-state index >= 15 is 0 Å². The average molecular weight is 395 g/mol. The largest absolute Gasteiger partial charge is 0.325 e. The predicted octanol–water partition coefficient (Wildman–Crippen LogP) is 1.68. The van der Waals surface area contributed by atoms with Gasteiger partial charge in [0, 0.05) is 49.3 Å². The average Bonchev–Trinajstić information content (AvgIpc) is 2.63. The van der Waals surface area contributed by atoms with E-state index in [2.05, 4.69) is 10.3 Å². The Morgan fingerprint density at radius 1 is 1.15 bits per heavy atom.